The Balaban J connectivity index is 1.99. The van der Waals surface area contributed by atoms with Gasteiger partial charge >= 0.3 is 0 Å². The molecule has 0 aliphatic carbocycles. The first kappa shape index (κ1) is 14.4. The molecule has 0 spiro atoms. The van der Waals surface area contributed by atoms with Gasteiger partial charge < -0.3 is 5.73 Å². The first-order valence-corrected chi connectivity index (χ1v) is 7.64. The fraction of sp³-hybridized carbons (Fsp3) is 0.267. The molecule has 1 aromatic heterocycles. The number of halogens is 1. The standard InChI is InChI=1S/C15H17ClN2S/c1-2-14(17)15-8-7-12(9-18-15)19-10-11-5-3-4-6-13(11)16/h3-9,14H,2,10,17H2,1H3/t14-/m0/s1. The van der Waals surface area contributed by atoms with E-state index in [4.69, 9.17) is 17.3 Å². The Kier molecular flexibility index (Phi) is 5.25. The summed E-state index contributed by atoms with van der Waals surface area (Å²) in [6.07, 6.45) is 2.78. The zero-order chi connectivity index (χ0) is 13.7. The molecule has 0 radical (unpaired) electrons. The SMILES string of the molecule is CC[C@H](N)c1ccc(SCc2ccccc2Cl)cn1. The van der Waals surface area contributed by atoms with Crippen LogP contribution in [0.1, 0.15) is 30.6 Å². The Morgan fingerprint density at radius 2 is 2.05 bits per heavy atom. The van der Waals surface area contributed by atoms with E-state index in [0.29, 0.717) is 0 Å². The number of hydrogen-bond acceptors (Lipinski definition) is 3. The highest BCUT2D eigenvalue weighted by Crippen LogP contribution is 2.26. The molecule has 0 bridgehead atoms. The van der Waals surface area contributed by atoms with Crippen LogP contribution in [0, 0.1) is 0 Å². The zero-order valence-electron chi connectivity index (χ0n) is 10.8. The number of benzene rings is 1. The van der Waals surface area contributed by atoms with Crippen LogP contribution in [0.5, 0.6) is 0 Å². The molecule has 4 heteroatoms. The zero-order valence-corrected chi connectivity index (χ0v) is 12.4. The van der Waals surface area contributed by atoms with Crippen molar-refractivity contribution in [1.29, 1.82) is 0 Å². The maximum atomic E-state index is 6.13. The lowest BCUT2D eigenvalue weighted by atomic mass is 10.1. The van der Waals surface area contributed by atoms with E-state index in [1.165, 1.54) is 0 Å². The van der Waals surface area contributed by atoms with E-state index in [1.807, 2.05) is 36.5 Å². The molecule has 0 aliphatic heterocycles. The van der Waals surface area contributed by atoms with E-state index < -0.39 is 0 Å². The molecule has 2 aromatic rings. The molecular formula is C15H17ClN2S. The van der Waals surface area contributed by atoms with Gasteiger partial charge in [-0.2, -0.15) is 0 Å². The summed E-state index contributed by atoms with van der Waals surface area (Å²) in [5.41, 5.74) is 8.03. The van der Waals surface area contributed by atoms with Gasteiger partial charge in [0.1, 0.15) is 0 Å². The molecule has 2 rings (SSSR count). The highest BCUT2D eigenvalue weighted by molar-refractivity contribution is 7.98. The van der Waals surface area contributed by atoms with Crippen LogP contribution in [0.15, 0.2) is 47.5 Å². The predicted octanol–water partition coefficient (Wildman–Crippen LogP) is 4.44. The summed E-state index contributed by atoms with van der Waals surface area (Å²) in [7, 11) is 0. The number of nitrogens with two attached hydrogens (primary N) is 1. The third-order valence-electron chi connectivity index (χ3n) is 2.93. The summed E-state index contributed by atoms with van der Waals surface area (Å²) in [5, 5.41) is 0.813. The first-order chi connectivity index (χ1) is 9.20. The summed E-state index contributed by atoms with van der Waals surface area (Å²) in [6.45, 7) is 2.06. The summed E-state index contributed by atoms with van der Waals surface area (Å²) < 4.78 is 0. The highest BCUT2D eigenvalue weighted by Gasteiger charge is 2.05. The molecule has 1 heterocycles. The van der Waals surface area contributed by atoms with Crippen molar-refractivity contribution in [2.75, 3.05) is 0 Å². The molecular weight excluding hydrogens is 276 g/mol. The van der Waals surface area contributed by atoms with Crippen molar-refractivity contribution in [2.24, 2.45) is 5.73 Å². The lowest BCUT2D eigenvalue weighted by Gasteiger charge is -2.09. The average molecular weight is 293 g/mol. The second kappa shape index (κ2) is 6.94. The van der Waals surface area contributed by atoms with Crippen molar-refractivity contribution in [3.05, 3.63) is 58.9 Å². The van der Waals surface area contributed by atoms with Gasteiger partial charge in [-0.3, -0.25) is 4.98 Å². The molecule has 0 unspecified atom stereocenters. The summed E-state index contributed by atoms with van der Waals surface area (Å²) >= 11 is 7.86. The Labute approximate surface area is 123 Å². The highest BCUT2D eigenvalue weighted by atomic mass is 35.5. The molecule has 2 N–H and O–H groups in total. The second-order valence-corrected chi connectivity index (χ2v) is 5.77. The van der Waals surface area contributed by atoms with Crippen molar-refractivity contribution >= 4 is 23.4 Å². The van der Waals surface area contributed by atoms with E-state index >= 15 is 0 Å². The predicted molar refractivity (Wildman–Crippen MR) is 82.5 cm³/mol. The maximum Gasteiger partial charge on any atom is 0.0571 e. The average Bonchev–Trinajstić information content (AvgIpc) is 2.46. The fourth-order valence-electron chi connectivity index (χ4n) is 1.68. The molecule has 0 aliphatic rings. The number of rotatable bonds is 5. The van der Waals surface area contributed by atoms with Gasteiger partial charge in [0.2, 0.25) is 0 Å². The van der Waals surface area contributed by atoms with Crippen LogP contribution >= 0.6 is 23.4 Å². The number of nitrogens with zero attached hydrogens (tertiary/aromatic N) is 1. The third kappa shape index (κ3) is 3.96. The van der Waals surface area contributed by atoms with Gasteiger partial charge in [0.15, 0.2) is 0 Å². The summed E-state index contributed by atoms with van der Waals surface area (Å²) in [5.74, 6) is 0.848. The van der Waals surface area contributed by atoms with Gasteiger partial charge in [-0.15, -0.1) is 11.8 Å². The number of pyridine rings is 1. The van der Waals surface area contributed by atoms with Gasteiger partial charge in [-0.1, -0.05) is 36.7 Å². The van der Waals surface area contributed by atoms with Crippen molar-refractivity contribution in [2.45, 2.75) is 30.0 Å². The van der Waals surface area contributed by atoms with Crippen LogP contribution in [-0.4, -0.2) is 4.98 Å². The van der Waals surface area contributed by atoms with E-state index in [2.05, 4.69) is 18.0 Å². The maximum absolute atomic E-state index is 6.13. The smallest absolute Gasteiger partial charge is 0.0571 e. The van der Waals surface area contributed by atoms with Gasteiger partial charge in [0, 0.05) is 27.9 Å². The van der Waals surface area contributed by atoms with Crippen LogP contribution in [0.3, 0.4) is 0 Å². The molecule has 0 amide bonds. The molecule has 0 fully saturated rings. The van der Waals surface area contributed by atoms with Crippen LogP contribution in [0.4, 0.5) is 0 Å². The Bertz CT molecular complexity index is 528. The van der Waals surface area contributed by atoms with Crippen molar-refractivity contribution in [1.82, 2.24) is 4.98 Å². The fourth-order valence-corrected chi connectivity index (χ4v) is 2.83. The van der Waals surface area contributed by atoms with Gasteiger partial charge in [0.05, 0.1) is 5.69 Å². The number of hydrogen-bond donors (Lipinski definition) is 1. The number of aromatic nitrogens is 1. The summed E-state index contributed by atoms with van der Waals surface area (Å²) in [6, 6.07) is 12.0. The van der Waals surface area contributed by atoms with E-state index in [0.717, 1.165) is 33.3 Å². The lowest BCUT2D eigenvalue weighted by molar-refractivity contribution is 0.674. The second-order valence-electron chi connectivity index (χ2n) is 4.31. The van der Waals surface area contributed by atoms with Crippen molar-refractivity contribution in [3.8, 4) is 0 Å². The molecule has 100 valence electrons. The topological polar surface area (TPSA) is 38.9 Å². The van der Waals surface area contributed by atoms with Gasteiger partial charge in [0.25, 0.3) is 0 Å². The molecule has 19 heavy (non-hydrogen) atoms. The van der Waals surface area contributed by atoms with Crippen LogP contribution < -0.4 is 5.73 Å². The molecule has 2 nitrogen and oxygen atoms in total. The lowest BCUT2D eigenvalue weighted by Crippen LogP contribution is -2.10. The number of thioether (sulfide) groups is 1. The summed E-state index contributed by atoms with van der Waals surface area (Å²) in [4.78, 5) is 5.54. The Morgan fingerprint density at radius 3 is 2.68 bits per heavy atom. The normalized spacial score (nSPS) is 12.4. The van der Waals surface area contributed by atoms with Crippen molar-refractivity contribution < 1.29 is 0 Å². The minimum absolute atomic E-state index is 0.0302. The van der Waals surface area contributed by atoms with Crippen molar-refractivity contribution in [3.63, 3.8) is 0 Å². The molecule has 0 saturated carbocycles. The quantitative estimate of drug-likeness (QED) is 0.828. The first-order valence-electron chi connectivity index (χ1n) is 6.28. The molecule has 0 saturated heterocycles. The minimum Gasteiger partial charge on any atom is -0.323 e. The Morgan fingerprint density at radius 1 is 1.26 bits per heavy atom. The third-order valence-corrected chi connectivity index (χ3v) is 4.33. The van der Waals surface area contributed by atoms with E-state index in [-0.39, 0.29) is 6.04 Å². The molecule has 1 aromatic carbocycles. The van der Waals surface area contributed by atoms with Crippen LogP contribution in [-0.2, 0) is 5.75 Å². The van der Waals surface area contributed by atoms with Gasteiger partial charge in [-0.05, 0) is 30.2 Å². The Hall–Kier alpha value is -1.03. The molecule has 1 atom stereocenters. The minimum atomic E-state index is 0.0302. The van der Waals surface area contributed by atoms with Crippen LogP contribution in [0.25, 0.3) is 0 Å². The van der Waals surface area contributed by atoms with Gasteiger partial charge in [-0.25, -0.2) is 0 Å². The van der Waals surface area contributed by atoms with Crippen LogP contribution in [0.2, 0.25) is 5.02 Å². The largest absolute Gasteiger partial charge is 0.323 e. The van der Waals surface area contributed by atoms with E-state index in [1.54, 1.807) is 11.8 Å². The monoisotopic (exact) mass is 292 g/mol. The van der Waals surface area contributed by atoms with E-state index in [9.17, 15) is 0 Å².